The van der Waals surface area contributed by atoms with Crippen LogP contribution < -0.4 is 5.56 Å². The normalized spacial score (nSPS) is 11.0. The van der Waals surface area contributed by atoms with Crippen LogP contribution in [0.4, 0.5) is 0 Å². The van der Waals surface area contributed by atoms with Gasteiger partial charge in [-0.3, -0.25) is 14.6 Å². The van der Waals surface area contributed by atoms with Gasteiger partial charge in [0.15, 0.2) is 0 Å². The van der Waals surface area contributed by atoms with Crippen LogP contribution in [0.3, 0.4) is 0 Å². The molecule has 140 valence electrons. The second kappa shape index (κ2) is 7.77. The lowest BCUT2D eigenvalue weighted by molar-refractivity contribution is -0.141. The highest BCUT2D eigenvalue weighted by molar-refractivity contribution is 7.99. The molecule has 0 radical (unpaired) electrons. The number of benzene rings is 2. The number of esters is 1. The predicted octanol–water partition coefficient (Wildman–Crippen LogP) is 3.01. The number of thioether (sulfide) groups is 1. The van der Waals surface area contributed by atoms with Crippen molar-refractivity contribution in [3.63, 3.8) is 0 Å². The highest BCUT2D eigenvalue weighted by Gasteiger charge is 2.10. The van der Waals surface area contributed by atoms with Gasteiger partial charge in [0, 0.05) is 0 Å². The van der Waals surface area contributed by atoms with E-state index in [0.717, 1.165) is 16.6 Å². The molecule has 2 aromatic heterocycles. The van der Waals surface area contributed by atoms with Gasteiger partial charge in [0.1, 0.15) is 17.5 Å². The number of hydrogen-bond donors (Lipinski definition) is 1. The van der Waals surface area contributed by atoms with Crippen molar-refractivity contribution in [3.05, 3.63) is 70.4 Å². The minimum Gasteiger partial charge on any atom is -0.457 e. The fraction of sp³-hybridized carbons (Fsp3) is 0.150. The van der Waals surface area contributed by atoms with Crippen molar-refractivity contribution < 1.29 is 9.53 Å². The van der Waals surface area contributed by atoms with Gasteiger partial charge < -0.3 is 9.72 Å². The zero-order valence-corrected chi connectivity index (χ0v) is 15.8. The van der Waals surface area contributed by atoms with Crippen LogP contribution in [0.2, 0.25) is 0 Å². The molecule has 0 fully saturated rings. The molecule has 0 spiro atoms. The zero-order chi connectivity index (χ0) is 19.5. The zero-order valence-electron chi connectivity index (χ0n) is 15.0. The molecule has 8 heteroatoms. The second-order valence-corrected chi connectivity index (χ2v) is 7.13. The van der Waals surface area contributed by atoms with E-state index in [1.165, 1.54) is 11.8 Å². The number of aryl methyl sites for hydroxylation is 1. The molecule has 2 heterocycles. The summed E-state index contributed by atoms with van der Waals surface area (Å²) in [6.07, 6.45) is 1.63. The summed E-state index contributed by atoms with van der Waals surface area (Å²) in [7, 11) is 0. The number of carbonyl (C=O) groups is 1. The molecule has 7 nitrogen and oxygen atoms in total. The standard InChI is InChI=1S/C20H16N4O3S/c1-12-5-4-6-13-19(12)23-16(24-20(13)26)10-27-18(25)11-28-17-9-21-14-7-2-3-8-15(14)22-17/h2-9H,10-11H2,1H3,(H,23,24,26). The summed E-state index contributed by atoms with van der Waals surface area (Å²) in [6, 6.07) is 12.9. The summed E-state index contributed by atoms with van der Waals surface area (Å²) in [5.41, 5.74) is 2.82. The van der Waals surface area contributed by atoms with Gasteiger partial charge in [0.05, 0.1) is 33.9 Å². The van der Waals surface area contributed by atoms with E-state index in [1.807, 2.05) is 37.3 Å². The summed E-state index contributed by atoms with van der Waals surface area (Å²) in [4.78, 5) is 40.0. The molecule has 0 saturated carbocycles. The largest absolute Gasteiger partial charge is 0.457 e. The Morgan fingerprint density at radius 2 is 1.93 bits per heavy atom. The Kier molecular flexibility index (Phi) is 5.03. The average molecular weight is 392 g/mol. The maximum absolute atomic E-state index is 12.2. The van der Waals surface area contributed by atoms with E-state index in [4.69, 9.17) is 4.74 Å². The Hall–Kier alpha value is -3.26. The Morgan fingerprint density at radius 3 is 2.79 bits per heavy atom. The van der Waals surface area contributed by atoms with Crippen LogP contribution in [0.15, 0.2) is 58.5 Å². The summed E-state index contributed by atoms with van der Waals surface area (Å²) < 4.78 is 5.24. The first-order valence-electron chi connectivity index (χ1n) is 8.59. The molecule has 0 saturated heterocycles. The van der Waals surface area contributed by atoms with E-state index < -0.39 is 5.97 Å². The molecule has 0 aliphatic carbocycles. The fourth-order valence-electron chi connectivity index (χ4n) is 2.75. The van der Waals surface area contributed by atoms with Gasteiger partial charge in [0.2, 0.25) is 0 Å². The lowest BCUT2D eigenvalue weighted by Gasteiger charge is -2.06. The van der Waals surface area contributed by atoms with Crippen molar-refractivity contribution in [2.75, 3.05) is 5.75 Å². The molecule has 0 aliphatic rings. The van der Waals surface area contributed by atoms with Crippen molar-refractivity contribution in [3.8, 4) is 0 Å². The maximum Gasteiger partial charge on any atom is 0.316 e. The third-order valence-electron chi connectivity index (χ3n) is 4.12. The van der Waals surface area contributed by atoms with E-state index in [1.54, 1.807) is 18.3 Å². The minimum atomic E-state index is -0.424. The van der Waals surface area contributed by atoms with Crippen molar-refractivity contribution in [1.29, 1.82) is 0 Å². The fourth-order valence-corrected chi connectivity index (χ4v) is 3.39. The van der Waals surface area contributed by atoms with Crippen LogP contribution in [-0.4, -0.2) is 31.7 Å². The lowest BCUT2D eigenvalue weighted by Crippen LogP contribution is -2.15. The number of aromatic amines is 1. The van der Waals surface area contributed by atoms with Crippen LogP contribution in [-0.2, 0) is 16.1 Å². The average Bonchev–Trinajstić information content (AvgIpc) is 2.71. The van der Waals surface area contributed by atoms with Crippen molar-refractivity contribution in [1.82, 2.24) is 19.9 Å². The van der Waals surface area contributed by atoms with Crippen molar-refractivity contribution >= 4 is 39.7 Å². The first-order valence-corrected chi connectivity index (χ1v) is 9.57. The van der Waals surface area contributed by atoms with E-state index in [0.29, 0.717) is 21.8 Å². The number of nitrogens with one attached hydrogen (secondary N) is 1. The number of aromatic nitrogens is 4. The molecule has 0 amide bonds. The number of rotatable bonds is 5. The van der Waals surface area contributed by atoms with Gasteiger partial charge in [-0.2, -0.15) is 0 Å². The molecule has 4 aromatic rings. The Balaban J connectivity index is 1.39. The molecule has 0 bridgehead atoms. The number of carbonyl (C=O) groups excluding carboxylic acids is 1. The molecule has 0 unspecified atom stereocenters. The number of H-pyrrole nitrogens is 1. The van der Waals surface area contributed by atoms with Gasteiger partial charge in [0.25, 0.3) is 5.56 Å². The number of para-hydroxylation sites is 3. The molecular weight excluding hydrogens is 376 g/mol. The van der Waals surface area contributed by atoms with Crippen LogP contribution in [0, 0.1) is 6.92 Å². The number of nitrogens with zero attached hydrogens (tertiary/aromatic N) is 3. The van der Waals surface area contributed by atoms with Gasteiger partial charge in [-0.1, -0.05) is 36.0 Å². The monoisotopic (exact) mass is 392 g/mol. The van der Waals surface area contributed by atoms with Gasteiger partial charge >= 0.3 is 5.97 Å². The first-order chi connectivity index (χ1) is 13.6. The number of hydrogen-bond acceptors (Lipinski definition) is 7. The molecule has 1 N–H and O–H groups in total. The smallest absolute Gasteiger partial charge is 0.316 e. The molecule has 0 aliphatic heterocycles. The van der Waals surface area contributed by atoms with Crippen LogP contribution in [0.25, 0.3) is 21.9 Å². The SMILES string of the molecule is Cc1cccc2c(=O)[nH]c(COC(=O)CSc3cnc4ccccc4n3)nc12. The number of ether oxygens (including phenoxy) is 1. The maximum atomic E-state index is 12.2. The first kappa shape index (κ1) is 18.1. The summed E-state index contributed by atoms with van der Waals surface area (Å²) in [5, 5.41) is 1.16. The van der Waals surface area contributed by atoms with E-state index >= 15 is 0 Å². The Morgan fingerprint density at radius 1 is 1.11 bits per heavy atom. The second-order valence-electron chi connectivity index (χ2n) is 6.13. The molecule has 28 heavy (non-hydrogen) atoms. The minimum absolute atomic E-state index is 0.0872. The molecular formula is C20H16N4O3S. The van der Waals surface area contributed by atoms with Crippen molar-refractivity contribution in [2.24, 2.45) is 0 Å². The van der Waals surface area contributed by atoms with Crippen molar-refractivity contribution in [2.45, 2.75) is 18.6 Å². The molecule has 2 aromatic carbocycles. The van der Waals surface area contributed by atoms with Crippen LogP contribution in [0.5, 0.6) is 0 Å². The van der Waals surface area contributed by atoms with Crippen LogP contribution in [0.1, 0.15) is 11.4 Å². The lowest BCUT2D eigenvalue weighted by atomic mass is 10.1. The van der Waals surface area contributed by atoms with E-state index in [2.05, 4.69) is 19.9 Å². The third-order valence-corrected chi connectivity index (χ3v) is 4.99. The highest BCUT2D eigenvalue weighted by atomic mass is 32.2. The quantitative estimate of drug-likeness (QED) is 0.412. The van der Waals surface area contributed by atoms with E-state index in [9.17, 15) is 9.59 Å². The molecule has 0 atom stereocenters. The van der Waals surface area contributed by atoms with Gasteiger partial charge in [-0.15, -0.1) is 0 Å². The van der Waals surface area contributed by atoms with Crippen LogP contribution >= 0.6 is 11.8 Å². The third kappa shape index (κ3) is 3.86. The summed E-state index contributed by atoms with van der Waals surface area (Å²) in [5.74, 6) is -0.0210. The van der Waals surface area contributed by atoms with E-state index in [-0.39, 0.29) is 17.9 Å². The Labute approximate surface area is 164 Å². The summed E-state index contributed by atoms with van der Waals surface area (Å²) in [6.45, 7) is 1.79. The van der Waals surface area contributed by atoms with Gasteiger partial charge in [-0.25, -0.2) is 9.97 Å². The number of fused-ring (bicyclic) bond motifs is 2. The molecule has 4 rings (SSSR count). The Bertz CT molecular complexity index is 1240. The summed E-state index contributed by atoms with van der Waals surface area (Å²) >= 11 is 1.25. The topological polar surface area (TPSA) is 97.8 Å². The van der Waals surface area contributed by atoms with Gasteiger partial charge in [-0.05, 0) is 30.7 Å². The predicted molar refractivity (Wildman–Crippen MR) is 107 cm³/mol. The highest BCUT2D eigenvalue weighted by Crippen LogP contribution is 2.18.